The van der Waals surface area contributed by atoms with Gasteiger partial charge in [-0.1, -0.05) is 83.4 Å². The fraction of sp³-hybridized carbons (Fsp3) is 0.394. The van der Waals surface area contributed by atoms with Gasteiger partial charge in [0, 0.05) is 36.4 Å². The van der Waals surface area contributed by atoms with Crippen molar-refractivity contribution in [1.29, 1.82) is 0 Å². The molecule has 1 aliphatic rings. The number of amides is 2. The van der Waals surface area contributed by atoms with Crippen LogP contribution in [0.5, 0.6) is 5.75 Å². The molecule has 0 saturated heterocycles. The van der Waals surface area contributed by atoms with Gasteiger partial charge in [-0.2, -0.15) is 0 Å². The Morgan fingerprint density at radius 3 is 2.33 bits per heavy atom. The van der Waals surface area contributed by atoms with E-state index >= 15 is 0 Å². The number of hydrogen-bond donors (Lipinski definition) is 1. The zero-order chi connectivity index (χ0) is 30.8. The average Bonchev–Trinajstić information content (AvgIpc) is 3.50. The van der Waals surface area contributed by atoms with Gasteiger partial charge in [-0.15, -0.1) is 0 Å². The Morgan fingerprint density at radius 1 is 0.977 bits per heavy atom. The Morgan fingerprint density at radius 2 is 1.65 bits per heavy atom. The SMILES string of the molecule is COc1ccccc1N(CCCC(=O)N(Cc1cccc(Br)c1)[C@@H](Cc1ccccc1)C(=O)NC1CCCC1)S(C)(=O)=O. The molecule has 4 rings (SSSR count). The van der Waals surface area contributed by atoms with Crippen LogP contribution in [0.1, 0.15) is 49.7 Å². The second-order valence-corrected chi connectivity index (χ2v) is 13.8. The van der Waals surface area contributed by atoms with E-state index in [2.05, 4.69) is 21.2 Å². The molecule has 1 aliphatic carbocycles. The molecule has 3 aromatic rings. The number of benzene rings is 3. The van der Waals surface area contributed by atoms with E-state index in [0.717, 1.165) is 47.5 Å². The maximum atomic E-state index is 14.0. The zero-order valence-corrected chi connectivity index (χ0v) is 27.1. The van der Waals surface area contributed by atoms with Gasteiger partial charge in [0.2, 0.25) is 21.8 Å². The zero-order valence-electron chi connectivity index (χ0n) is 24.7. The largest absolute Gasteiger partial charge is 0.495 e. The third-order valence-electron chi connectivity index (χ3n) is 7.72. The normalized spacial score (nSPS) is 14.2. The summed E-state index contributed by atoms with van der Waals surface area (Å²) in [5.41, 5.74) is 2.27. The van der Waals surface area contributed by atoms with E-state index in [-0.39, 0.29) is 43.8 Å². The molecule has 3 aromatic carbocycles. The van der Waals surface area contributed by atoms with Crippen LogP contribution in [-0.4, -0.2) is 57.1 Å². The number of carbonyl (C=O) groups excluding carboxylic acids is 2. The van der Waals surface area contributed by atoms with Gasteiger partial charge in [-0.05, 0) is 54.7 Å². The highest BCUT2D eigenvalue weighted by Crippen LogP contribution is 2.30. The molecule has 1 saturated carbocycles. The van der Waals surface area contributed by atoms with Crippen molar-refractivity contribution < 1.29 is 22.7 Å². The first-order valence-electron chi connectivity index (χ1n) is 14.6. The van der Waals surface area contributed by atoms with Crippen LogP contribution in [0.25, 0.3) is 0 Å². The predicted molar refractivity (Wildman–Crippen MR) is 173 cm³/mol. The van der Waals surface area contributed by atoms with Crippen LogP contribution in [0, 0.1) is 0 Å². The highest BCUT2D eigenvalue weighted by atomic mass is 79.9. The van der Waals surface area contributed by atoms with Gasteiger partial charge >= 0.3 is 0 Å². The first kappa shape index (κ1) is 32.5. The van der Waals surface area contributed by atoms with E-state index in [1.807, 2.05) is 54.6 Å². The number of hydrogen-bond acceptors (Lipinski definition) is 5. The van der Waals surface area contributed by atoms with Gasteiger partial charge in [0.1, 0.15) is 11.8 Å². The number of carbonyl (C=O) groups is 2. The molecule has 0 aromatic heterocycles. The van der Waals surface area contributed by atoms with Gasteiger partial charge in [0.15, 0.2) is 0 Å². The molecule has 1 N–H and O–H groups in total. The van der Waals surface area contributed by atoms with Crippen LogP contribution < -0.4 is 14.4 Å². The van der Waals surface area contributed by atoms with Crippen LogP contribution in [0.3, 0.4) is 0 Å². The minimum absolute atomic E-state index is 0.0666. The molecule has 0 bridgehead atoms. The fourth-order valence-corrected chi connectivity index (χ4v) is 6.99. The van der Waals surface area contributed by atoms with E-state index in [1.54, 1.807) is 29.2 Å². The minimum atomic E-state index is -3.65. The molecule has 0 heterocycles. The third-order valence-corrected chi connectivity index (χ3v) is 9.39. The molecule has 8 nitrogen and oxygen atoms in total. The van der Waals surface area contributed by atoms with E-state index in [4.69, 9.17) is 4.74 Å². The number of anilines is 1. The summed E-state index contributed by atoms with van der Waals surface area (Å²) in [6.45, 7) is 0.337. The molecule has 1 atom stereocenters. The molecule has 0 radical (unpaired) electrons. The number of nitrogens with one attached hydrogen (secondary N) is 1. The molecule has 43 heavy (non-hydrogen) atoms. The van der Waals surface area contributed by atoms with E-state index < -0.39 is 16.1 Å². The van der Waals surface area contributed by atoms with Crippen molar-refractivity contribution >= 4 is 43.5 Å². The first-order valence-corrected chi connectivity index (χ1v) is 17.3. The van der Waals surface area contributed by atoms with Gasteiger partial charge in [0.05, 0.1) is 19.1 Å². The smallest absolute Gasteiger partial charge is 0.243 e. The number of nitrogens with zero attached hydrogens (tertiary/aromatic N) is 2. The Hall–Kier alpha value is -3.37. The lowest BCUT2D eigenvalue weighted by atomic mass is 10.0. The van der Waals surface area contributed by atoms with Crippen LogP contribution in [-0.2, 0) is 32.6 Å². The molecular formula is C33H40BrN3O5S. The standard InChI is InChI=1S/C33H40BrN3O5S/c1-42-31-19-9-8-18-29(31)37(43(2,40)41)21-11-20-32(38)36(24-26-14-10-15-27(34)22-26)30(23-25-12-4-3-5-13-25)33(39)35-28-16-6-7-17-28/h3-5,8-10,12-15,18-19,22,28,30H,6-7,11,16-17,20-21,23-24H2,1-2H3,(H,35,39)/t30-/m0/s1. The number of ether oxygens (including phenoxy) is 1. The molecule has 10 heteroatoms. The lowest BCUT2D eigenvalue weighted by Gasteiger charge is -2.33. The summed E-state index contributed by atoms with van der Waals surface area (Å²) in [5, 5.41) is 3.22. The molecular weight excluding hydrogens is 630 g/mol. The fourth-order valence-electron chi connectivity index (χ4n) is 5.57. The number of rotatable bonds is 14. The molecule has 230 valence electrons. The highest BCUT2D eigenvalue weighted by molar-refractivity contribution is 9.10. The van der Waals surface area contributed by atoms with Crippen molar-refractivity contribution in [2.45, 2.75) is 63.6 Å². The summed E-state index contributed by atoms with van der Waals surface area (Å²) in [4.78, 5) is 29.6. The molecule has 1 fully saturated rings. The summed E-state index contributed by atoms with van der Waals surface area (Å²) in [6.07, 6.45) is 5.88. The van der Waals surface area contributed by atoms with E-state index in [0.29, 0.717) is 17.9 Å². The second-order valence-electron chi connectivity index (χ2n) is 11.0. The quantitative estimate of drug-likeness (QED) is 0.238. The van der Waals surface area contributed by atoms with E-state index in [9.17, 15) is 18.0 Å². The molecule has 2 amide bonds. The van der Waals surface area contributed by atoms with Gasteiger partial charge in [-0.25, -0.2) is 8.42 Å². The maximum Gasteiger partial charge on any atom is 0.243 e. The summed E-state index contributed by atoms with van der Waals surface area (Å²) in [6, 6.07) is 23.7. The van der Waals surface area contributed by atoms with Crippen LogP contribution in [0.2, 0.25) is 0 Å². The predicted octanol–water partition coefficient (Wildman–Crippen LogP) is 5.70. The monoisotopic (exact) mass is 669 g/mol. The number of halogens is 1. The van der Waals surface area contributed by atoms with Crippen molar-refractivity contribution in [3.05, 3.63) is 94.5 Å². The van der Waals surface area contributed by atoms with E-state index in [1.165, 1.54) is 11.4 Å². The number of sulfonamides is 1. The van der Waals surface area contributed by atoms with Crippen LogP contribution >= 0.6 is 15.9 Å². The lowest BCUT2D eigenvalue weighted by molar-refractivity contribution is -0.141. The highest BCUT2D eigenvalue weighted by Gasteiger charge is 2.32. The first-order chi connectivity index (χ1) is 20.7. The topological polar surface area (TPSA) is 96.0 Å². The molecule has 0 unspecified atom stereocenters. The van der Waals surface area contributed by atoms with Crippen molar-refractivity contribution in [3.8, 4) is 5.75 Å². The van der Waals surface area contributed by atoms with Crippen molar-refractivity contribution in [1.82, 2.24) is 10.2 Å². The summed E-state index contributed by atoms with van der Waals surface area (Å²) < 4.78 is 33.1. The third kappa shape index (κ3) is 9.31. The Bertz CT molecular complexity index is 1480. The maximum absolute atomic E-state index is 14.0. The van der Waals surface area contributed by atoms with Gasteiger partial charge in [-0.3, -0.25) is 13.9 Å². The van der Waals surface area contributed by atoms with Crippen molar-refractivity contribution in [3.63, 3.8) is 0 Å². The average molecular weight is 671 g/mol. The van der Waals surface area contributed by atoms with Crippen LogP contribution in [0.15, 0.2) is 83.3 Å². The lowest BCUT2D eigenvalue weighted by Crippen LogP contribution is -2.52. The summed E-state index contributed by atoms with van der Waals surface area (Å²) >= 11 is 3.52. The van der Waals surface area contributed by atoms with Crippen LogP contribution in [0.4, 0.5) is 5.69 Å². The summed E-state index contributed by atoms with van der Waals surface area (Å²) in [5.74, 6) is 0.0592. The van der Waals surface area contributed by atoms with Gasteiger partial charge < -0.3 is 15.0 Å². The number of methoxy groups -OCH3 is 1. The molecule has 0 aliphatic heterocycles. The molecule has 0 spiro atoms. The Balaban J connectivity index is 1.60. The number of para-hydroxylation sites is 2. The Kier molecular flexibility index (Phi) is 11.6. The second kappa shape index (κ2) is 15.4. The minimum Gasteiger partial charge on any atom is -0.495 e. The summed E-state index contributed by atoms with van der Waals surface area (Å²) in [7, 11) is -2.15. The van der Waals surface area contributed by atoms with Crippen molar-refractivity contribution in [2.75, 3.05) is 24.2 Å². The van der Waals surface area contributed by atoms with Gasteiger partial charge in [0.25, 0.3) is 0 Å². The van der Waals surface area contributed by atoms with Crippen molar-refractivity contribution in [2.24, 2.45) is 0 Å². The Labute approximate surface area is 263 Å².